The Hall–Kier alpha value is -3.95. The van der Waals surface area contributed by atoms with Crippen LogP contribution in [0, 0.1) is 0 Å². The van der Waals surface area contributed by atoms with E-state index in [1.165, 1.54) is 30.3 Å². The quantitative estimate of drug-likeness (QED) is 0.323. The fourth-order valence-electron chi connectivity index (χ4n) is 2.91. The second kappa shape index (κ2) is 11.8. The van der Waals surface area contributed by atoms with Gasteiger partial charge in [-0.3, -0.25) is 20.4 Å². The molecule has 3 aromatic rings. The van der Waals surface area contributed by atoms with E-state index in [9.17, 15) is 18.0 Å². The van der Waals surface area contributed by atoms with Gasteiger partial charge in [-0.15, -0.1) is 0 Å². The van der Waals surface area contributed by atoms with Crippen molar-refractivity contribution in [3.8, 4) is 5.75 Å². The Labute approximate surface area is 198 Å². The Bertz CT molecular complexity index is 1260. The number of carbonyl (C=O) groups is 2. The number of sulfonamides is 1. The number of hydrazine groups is 1. The Morgan fingerprint density at radius 3 is 2.35 bits per heavy atom. The molecule has 8 nitrogen and oxygen atoms in total. The maximum Gasteiger partial charge on any atom is 0.269 e. The van der Waals surface area contributed by atoms with E-state index in [2.05, 4.69) is 15.6 Å². The average Bonchev–Trinajstić information content (AvgIpc) is 2.86. The third kappa shape index (κ3) is 7.29. The van der Waals surface area contributed by atoms with Crippen LogP contribution < -0.4 is 20.3 Å². The minimum Gasteiger partial charge on any atom is -0.494 e. The van der Waals surface area contributed by atoms with Crippen LogP contribution in [0.15, 0.2) is 89.8 Å². The average molecular weight is 480 g/mol. The van der Waals surface area contributed by atoms with Gasteiger partial charge in [0, 0.05) is 18.2 Å². The molecular weight excluding hydrogens is 454 g/mol. The molecule has 0 aliphatic carbocycles. The lowest BCUT2D eigenvalue weighted by atomic mass is 10.2. The highest BCUT2D eigenvalue weighted by Crippen LogP contribution is 2.14. The SMILES string of the molecule is CCOc1ccc(/C=C/C(=O)NNC(=O)c2cccc(S(=O)(=O)NCc3ccccc3)c2)cc1. The molecule has 0 bridgehead atoms. The van der Waals surface area contributed by atoms with Gasteiger partial charge in [0.15, 0.2) is 0 Å². The minimum absolute atomic E-state index is 0.0576. The van der Waals surface area contributed by atoms with Crippen molar-refractivity contribution in [2.75, 3.05) is 6.61 Å². The molecule has 0 heterocycles. The van der Waals surface area contributed by atoms with Crippen molar-refractivity contribution in [3.05, 3.63) is 102 Å². The fraction of sp³-hybridized carbons (Fsp3) is 0.120. The lowest BCUT2D eigenvalue weighted by Crippen LogP contribution is -2.40. The van der Waals surface area contributed by atoms with Crippen LogP contribution in [0.4, 0.5) is 0 Å². The molecule has 3 rings (SSSR count). The van der Waals surface area contributed by atoms with Crippen LogP contribution in [-0.4, -0.2) is 26.8 Å². The Balaban J connectivity index is 1.55. The van der Waals surface area contributed by atoms with Crippen LogP contribution in [0.25, 0.3) is 6.08 Å². The second-order valence-electron chi connectivity index (χ2n) is 7.12. The highest BCUT2D eigenvalue weighted by Gasteiger charge is 2.16. The predicted octanol–water partition coefficient (Wildman–Crippen LogP) is 3.04. The number of ether oxygens (including phenoxy) is 1. The Morgan fingerprint density at radius 2 is 1.65 bits per heavy atom. The first-order valence-electron chi connectivity index (χ1n) is 10.5. The smallest absolute Gasteiger partial charge is 0.269 e. The summed E-state index contributed by atoms with van der Waals surface area (Å²) in [5.41, 5.74) is 6.22. The molecule has 0 saturated heterocycles. The zero-order chi connectivity index (χ0) is 24.4. The van der Waals surface area contributed by atoms with Crippen molar-refractivity contribution in [1.29, 1.82) is 0 Å². The third-order valence-electron chi connectivity index (χ3n) is 4.63. The van der Waals surface area contributed by atoms with Gasteiger partial charge >= 0.3 is 0 Å². The standard InChI is InChI=1S/C25H25N3O5S/c1-2-33-22-14-11-19(12-15-22)13-16-24(29)27-28-25(30)21-9-6-10-23(17-21)34(31,32)26-18-20-7-4-3-5-8-20/h3-17,26H,2,18H2,1H3,(H,27,29)(H,28,30)/b16-13+. The van der Waals surface area contributed by atoms with Crippen LogP contribution in [0.2, 0.25) is 0 Å². The van der Waals surface area contributed by atoms with E-state index < -0.39 is 21.8 Å². The number of hydrogen-bond acceptors (Lipinski definition) is 5. The topological polar surface area (TPSA) is 114 Å². The lowest BCUT2D eigenvalue weighted by molar-refractivity contribution is -0.117. The lowest BCUT2D eigenvalue weighted by Gasteiger charge is -2.09. The van der Waals surface area contributed by atoms with E-state index in [0.717, 1.165) is 16.9 Å². The van der Waals surface area contributed by atoms with E-state index in [1.54, 1.807) is 42.5 Å². The summed E-state index contributed by atoms with van der Waals surface area (Å²) in [6.07, 6.45) is 2.85. The van der Waals surface area contributed by atoms with E-state index in [4.69, 9.17) is 4.74 Å². The molecule has 9 heteroatoms. The normalized spacial score (nSPS) is 11.2. The highest BCUT2D eigenvalue weighted by atomic mass is 32.2. The number of benzene rings is 3. The number of nitrogens with one attached hydrogen (secondary N) is 3. The number of carbonyl (C=O) groups excluding carboxylic acids is 2. The predicted molar refractivity (Wildman–Crippen MR) is 129 cm³/mol. The van der Waals surface area contributed by atoms with Gasteiger partial charge in [0.05, 0.1) is 11.5 Å². The zero-order valence-corrected chi connectivity index (χ0v) is 19.3. The molecule has 0 atom stereocenters. The molecule has 0 spiro atoms. The summed E-state index contributed by atoms with van der Waals surface area (Å²) in [7, 11) is -3.83. The van der Waals surface area contributed by atoms with Crippen molar-refractivity contribution < 1.29 is 22.7 Å². The van der Waals surface area contributed by atoms with Crippen molar-refractivity contribution >= 4 is 27.9 Å². The van der Waals surface area contributed by atoms with Crippen molar-refractivity contribution in [2.24, 2.45) is 0 Å². The summed E-state index contributed by atoms with van der Waals surface area (Å²) in [4.78, 5) is 24.4. The van der Waals surface area contributed by atoms with Gasteiger partial charge in [0.25, 0.3) is 11.8 Å². The van der Waals surface area contributed by atoms with Crippen LogP contribution in [-0.2, 0) is 21.4 Å². The monoisotopic (exact) mass is 479 g/mol. The molecule has 0 saturated carbocycles. The van der Waals surface area contributed by atoms with Crippen molar-refractivity contribution in [3.63, 3.8) is 0 Å². The zero-order valence-electron chi connectivity index (χ0n) is 18.5. The van der Waals surface area contributed by atoms with Gasteiger partial charge in [-0.1, -0.05) is 48.5 Å². The van der Waals surface area contributed by atoms with Crippen LogP contribution in [0.5, 0.6) is 5.75 Å². The van der Waals surface area contributed by atoms with E-state index in [-0.39, 0.29) is 17.0 Å². The molecule has 3 aromatic carbocycles. The molecular formula is C25H25N3O5S. The fourth-order valence-corrected chi connectivity index (χ4v) is 3.97. The molecule has 0 aromatic heterocycles. The third-order valence-corrected chi connectivity index (χ3v) is 6.03. The summed E-state index contributed by atoms with van der Waals surface area (Å²) in [5, 5.41) is 0. The van der Waals surface area contributed by atoms with Gasteiger partial charge in [-0.2, -0.15) is 0 Å². The first-order chi connectivity index (χ1) is 16.4. The maximum absolute atomic E-state index is 12.6. The van der Waals surface area contributed by atoms with E-state index >= 15 is 0 Å². The van der Waals surface area contributed by atoms with E-state index in [0.29, 0.717) is 6.61 Å². The maximum atomic E-state index is 12.6. The molecule has 0 aliphatic heterocycles. The number of rotatable bonds is 9. The molecule has 0 fully saturated rings. The molecule has 34 heavy (non-hydrogen) atoms. The molecule has 2 amide bonds. The van der Waals surface area contributed by atoms with Gasteiger partial charge in [-0.05, 0) is 54.5 Å². The van der Waals surface area contributed by atoms with Crippen LogP contribution in [0.3, 0.4) is 0 Å². The van der Waals surface area contributed by atoms with Crippen molar-refractivity contribution in [1.82, 2.24) is 15.6 Å². The molecule has 0 unspecified atom stereocenters. The highest BCUT2D eigenvalue weighted by molar-refractivity contribution is 7.89. The number of amides is 2. The minimum atomic E-state index is -3.83. The summed E-state index contributed by atoms with van der Waals surface area (Å²) in [5.74, 6) is -0.464. The van der Waals surface area contributed by atoms with Crippen molar-refractivity contribution in [2.45, 2.75) is 18.4 Å². The Morgan fingerprint density at radius 1 is 0.912 bits per heavy atom. The van der Waals surface area contributed by atoms with Gasteiger partial charge in [0.2, 0.25) is 10.0 Å². The molecule has 0 radical (unpaired) electrons. The first kappa shape index (κ1) is 24.7. The molecule has 3 N–H and O–H groups in total. The van der Waals surface area contributed by atoms with Crippen LogP contribution >= 0.6 is 0 Å². The summed E-state index contributed by atoms with van der Waals surface area (Å²) in [6.45, 7) is 2.58. The second-order valence-corrected chi connectivity index (χ2v) is 8.88. The van der Waals surface area contributed by atoms with E-state index in [1.807, 2.05) is 25.1 Å². The van der Waals surface area contributed by atoms with Gasteiger partial charge < -0.3 is 4.74 Å². The van der Waals surface area contributed by atoms with Gasteiger partial charge in [-0.25, -0.2) is 13.1 Å². The Kier molecular flexibility index (Phi) is 8.55. The number of hydrogen-bond donors (Lipinski definition) is 3. The van der Waals surface area contributed by atoms with Gasteiger partial charge in [0.1, 0.15) is 5.75 Å². The summed E-state index contributed by atoms with van der Waals surface area (Å²) < 4.78 is 33.1. The van der Waals surface area contributed by atoms with Crippen LogP contribution in [0.1, 0.15) is 28.4 Å². The summed E-state index contributed by atoms with van der Waals surface area (Å²) in [6, 6.07) is 21.8. The first-order valence-corrected chi connectivity index (χ1v) is 12.0. The summed E-state index contributed by atoms with van der Waals surface area (Å²) >= 11 is 0. The molecule has 176 valence electrons. The molecule has 0 aliphatic rings. The largest absolute Gasteiger partial charge is 0.494 e.